The SMILES string of the molecule is O=c1c2scc(-c3ccc(F)cc3)c2ncn1Cc1ccccn1. The van der Waals surface area contributed by atoms with Crippen LogP contribution in [0.3, 0.4) is 0 Å². The van der Waals surface area contributed by atoms with E-state index in [1.807, 2.05) is 23.6 Å². The summed E-state index contributed by atoms with van der Waals surface area (Å²) < 4.78 is 15.2. The van der Waals surface area contributed by atoms with Crippen molar-refractivity contribution in [3.63, 3.8) is 0 Å². The molecule has 6 heteroatoms. The van der Waals surface area contributed by atoms with Crippen molar-refractivity contribution in [2.45, 2.75) is 6.54 Å². The summed E-state index contributed by atoms with van der Waals surface area (Å²) in [5.41, 5.74) is 3.04. The maximum Gasteiger partial charge on any atom is 0.271 e. The summed E-state index contributed by atoms with van der Waals surface area (Å²) in [5.74, 6) is -0.288. The van der Waals surface area contributed by atoms with Gasteiger partial charge in [0.2, 0.25) is 0 Å². The number of fused-ring (bicyclic) bond motifs is 1. The lowest BCUT2D eigenvalue weighted by atomic mass is 10.1. The molecule has 0 aliphatic heterocycles. The number of nitrogens with zero attached hydrogens (tertiary/aromatic N) is 3. The highest BCUT2D eigenvalue weighted by Crippen LogP contribution is 2.30. The highest BCUT2D eigenvalue weighted by Gasteiger charge is 2.13. The summed E-state index contributed by atoms with van der Waals surface area (Å²) in [5, 5.41) is 1.89. The van der Waals surface area contributed by atoms with Crippen molar-refractivity contribution in [2.24, 2.45) is 0 Å². The number of aromatic nitrogens is 3. The molecule has 0 unspecified atom stereocenters. The van der Waals surface area contributed by atoms with E-state index in [1.165, 1.54) is 23.5 Å². The zero-order valence-corrected chi connectivity index (χ0v) is 13.3. The average Bonchev–Trinajstić information content (AvgIpc) is 3.04. The van der Waals surface area contributed by atoms with Crippen LogP contribution in [-0.2, 0) is 6.54 Å². The molecule has 0 aliphatic rings. The number of thiophene rings is 1. The predicted octanol–water partition coefficient (Wildman–Crippen LogP) is 3.71. The largest absolute Gasteiger partial charge is 0.292 e. The molecular weight excluding hydrogens is 325 g/mol. The predicted molar refractivity (Wildman–Crippen MR) is 92.6 cm³/mol. The van der Waals surface area contributed by atoms with Crippen LogP contribution >= 0.6 is 11.3 Å². The molecule has 4 nitrogen and oxygen atoms in total. The lowest BCUT2D eigenvalue weighted by Gasteiger charge is -2.05. The fourth-order valence-electron chi connectivity index (χ4n) is 2.55. The summed E-state index contributed by atoms with van der Waals surface area (Å²) in [4.78, 5) is 21.4. The summed E-state index contributed by atoms with van der Waals surface area (Å²) in [7, 11) is 0. The molecule has 0 saturated heterocycles. The highest BCUT2D eigenvalue weighted by molar-refractivity contribution is 7.17. The molecule has 118 valence electrons. The quantitative estimate of drug-likeness (QED) is 0.573. The van der Waals surface area contributed by atoms with E-state index in [-0.39, 0.29) is 11.4 Å². The Morgan fingerprint density at radius 2 is 1.92 bits per heavy atom. The van der Waals surface area contributed by atoms with E-state index in [0.717, 1.165) is 16.8 Å². The Morgan fingerprint density at radius 3 is 2.67 bits per heavy atom. The summed E-state index contributed by atoms with van der Waals surface area (Å²) >= 11 is 1.35. The second-order valence-corrected chi connectivity index (χ2v) is 6.21. The van der Waals surface area contributed by atoms with Gasteiger partial charge < -0.3 is 0 Å². The molecular formula is C18H12FN3OS. The molecule has 0 fully saturated rings. The first-order valence-corrected chi connectivity index (χ1v) is 8.23. The molecule has 0 bridgehead atoms. The first-order valence-electron chi connectivity index (χ1n) is 7.35. The monoisotopic (exact) mass is 337 g/mol. The van der Waals surface area contributed by atoms with Crippen LogP contribution in [0.4, 0.5) is 4.39 Å². The van der Waals surface area contributed by atoms with Gasteiger partial charge in [0.25, 0.3) is 5.56 Å². The number of pyridine rings is 1. The lowest BCUT2D eigenvalue weighted by Crippen LogP contribution is -2.20. The lowest BCUT2D eigenvalue weighted by molar-refractivity contribution is 0.628. The van der Waals surface area contributed by atoms with Crippen molar-refractivity contribution in [1.82, 2.24) is 14.5 Å². The molecule has 0 amide bonds. The van der Waals surface area contributed by atoms with E-state index in [9.17, 15) is 9.18 Å². The minimum Gasteiger partial charge on any atom is -0.292 e. The molecule has 0 saturated carbocycles. The van der Waals surface area contributed by atoms with Crippen LogP contribution in [0.5, 0.6) is 0 Å². The van der Waals surface area contributed by atoms with Gasteiger partial charge >= 0.3 is 0 Å². The van der Waals surface area contributed by atoms with E-state index < -0.39 is 0 Å². The van der Waals surface area contributed by atoms with Crippen LogP contribution in [0, 0.1) is 5.82 Å². The Hall–Kier alpha value is -2.86. The van der Waals surface area contributed by atoms with E-state index in [2.05, 4.69) is 9.97 Å². The van der Waals surface area contributed by atoms with E-state index in [0.29, 0.717) is 16.8 Å². The molecule has 1 aromatic carbocycles. The van der Waals surface area contributed by atoms with E-state index in [4.69, 9.17) is 0 Å². The third-order valence-corrected chi connectivity index (χ3v) is 4.72. The standard InChI is InChI=1S/C18H12FN3OS/c19-13-6-4-12(5-7-13)15-10-24-17-16(15)21-11-22(18(17)23)9-14-3-1-2-8-20-14/h1-8,10-11H,9H2. The van der Waals surface area contributed by atoms with Gasteiger partial charge in [-0.2, -0.15) is 0 Å². The van der Waals surface area contributed by atoms with E-state index >= 15 is 0 Å². The van der Waals surface area contributed by atoms with Gasteiger partial charge in [-0.3, -0.25) is 14.3 Å². The fraction of sp³-hybridized carbons (Fsp3) is 0.0556. The zero-order valence-electron chi connectivity index (χ0n) is 12.5. The molecule has 0 N–H and O–H groups in total. The summed E-state index contributed by atoms with van der Waals surface area (Å²) in [6, 6.07) is 11.8. The van der Waals surface area contributed by atoms with Crippen molar-refractivity contribution >= 4 is 21.6 Å². The smallest absolute Gasteiger partial charge is 0.271 e. The molecule has 0 radical (unpaired) electrons. The number of rotatable bonds is 3. The zero-order chi connectivity index (χ0) is 16.5. The number of hydrogen-bond donors (Lipinski definition) is 0. The average molecular weight is 337 g/mol. The molecule has 0 aliphatic carbocycles. The van der Waals surface area contributed by atoms with Gasteiger partial charge in [0.1, 0.15) is 10.5 Å². The highest BCUT2D eigenvalue weighted by atomic mass is 32.1. The Labute approximate surface area is 140 Å². The maximum absolute atomic E-state index is 13.1. The molecule has 0 atom stereocenters. The van der Waals surface area contributed by atoms with Gasteiger partial charge in [0, 0.05) is 17.1 Å². The Kier molecular flexibility index (Phi) is 3.66. The second-order valence-electron chi connectivity index (χ2n) is 5.33. The van der Waals surface area contributed by atoms with Gasteiger partial charge in [0.15, 0.2) is 0 Å². The fourth-order valence-corrected chi connectivity index (χ4v) is 3.53. The van der Waals surface area contributed by atoms with Gasteiger partial charge in [-0.05, 0) is 29.8 Å². The third kappa shape index (κ3) is 2.61. The van der Waals surface area contributed by atoms with Crippen LogP contribution in [-0.4, -0.2) is 14.5 Å². The molecule has 0 spiro atoms. The normalized spacial score (nSPS) is 11.0. The minimum absolute atomic E-state index is 0.0935. The third-order valence-electron chi connectivity index (χ3n) is 3.76. The van der Waals surface area contributed by atoms with Crippen molar-refractivity contribution in [2.75, 3.05) is 0 Å². The topological polar surface area (TPSA) is 47.8 Å². The summed E-state index contributed by atoms with van der Waals surface area (Å²) in [6.07, 6.45) is 3.24. The Balaban J connectivity index is 1.78. The van der Waals surface area contributed by atoms with Gasteiger partial charge in [-0.1, -0.05) is 18.2 Å². The van der Waals surface area contributed by atoms with Crippen LogP contribution in [0.25, 0.3) is 21.3 Å². The van der Waals surface area contributed by atoms with Crippen LogP contribution in [0.15, 0.2) is 65.2 Å². The van der Waals surface area contributed by atoms with Crippen LogP contribution in [0.1, 0.15) is 5.69 Å². The van der Waals surface area contributed by atoms with Crippen LogP contribution in [0.2, 0.25) is 0 Å². The number of halogens is 1. The first-order chi connectivity index (χ1) is 11.7. The molecule has 4 aromatic rings. The van der Waals surface area contributed by atoms with E-state index in [1.54, 1.807) is 29.2 Å². The van der Waals surface area contributed by atoms with Crippen molar-refractivity contribution in [3.05, 3.63) is 82.2 Å². The van der Waals surface area contributed by atoms with Crippen molar-refractivity contribution in [1.29, 1.82) is 0 Å². The van der Waals surface area contributed by atoms with Gasteiger partial charge in [-0.25, -0.2) is 9.37 Å². The molecule has 3 aromatic heterocycles. The number of hydrogen-bond acceptors (Lipinski definition) is 4. The van der Waals surface area contributed by atoms with Crippen molar-refractivity contribution < 1.29 is 4.39 Å². The number of benzene rings is 1. The van der Waals surface area contributed by atoms with Gasteiger partial charge in [-0.15, -0.1) is 11.3 Å². The molecule has 24 heavy (non-hydrogen) atoms. The van der Waals surface area contributed by atoms with Gasteiger partial charge in [0.05, 0.1) is 24.1 Å². The van der Waals surface area contributed by atoms with Crippen molar-refractivity contribution in [3.8, 4) is 11.1 Å². The maximum atomic E-state index is 13.1. The minimum atomic E-state index is -0.288. The Bertz CT molecular complexity index is 1060. The molecule has 4 rings (SSSR count). The molecule has 3 heterocycles. The summed E-state index contributed by atoms with van der Waals surface area (Å²) in [6.45, 7) is 0.381. The first kappa shape index (κ1) is 14.7. The second kappa shape index (κ2) is 5.98. The van der Waals surface area contributed by atoms with Crippen LogP contribution < -0.4 is 5.56 Å². The Morgan fingerprint density at radius 1 is 1.08 bits per heavy atom.